The molecule has 0 radical (unpaired) electrons. The Morgan fingerprint density at radius 3 is 2.79 bits per heavy atom. The van der Waals surface area contributed by atoms with E-state index in [0.29, 0.717) is 11.8 Å². The van der Waals surface area contributed by atoms with E-state index >= 15 is 0 Å². The number of hydrogen-bond donors (Lipinski definition) is 0. The highest BCUT2D eigenvalue weighted by Gasteiger charge is 2.37. The molecule has 4 nitrogen and oxygen atoms in total. The summed E-state index contributed by atoms with van der Waals surface area (Å²) in [5.41, 5.74) is 0. The quantitative estimate of drug-likeness (QED) is 0.841. The Labute approximate surface area is 123 Å². The molecule has 2 bridgehead atoms. The van der Waals surface area contributed by atoms with E-state index in [0.717, 1.165) is 27.0 Å². The summed E-state index contributed by atoms with van der Waals surface area (Å²) in [6.07, 6.45) is 2.55. The second kappa shape index (κ2) is 4.68. The Kier molecular flexibility index (Phi) is 2.97. The van der Waals surface area contributed by atoms with Gasteiger partial charge in [-0.05, 0) is 59.9 Å². The predicted molar refractivity (Wildman–Crippen MR) is 77.2 cm³/mol. The fraction of sp³-hybridized carbons (Fsp3) is 0.538. The zero-order chi connectivity index (χ0) is 12.8. The first-order valence-electron chi connectivity index (χ1n) is 6.61. The first-order chi connectivity index (χ1) is 9.29. The van der Waals surface area contributed by atoms with Gasteiger partial charge in [0, 0.05) is 12.5 Å². The molecule has 3 aliphatic heterocycles. The molecular formula is C13H14BrN3OS. The van der Waals surface area contributed by atoms with Crippen LogP contribution in [-0.2, 0) is 0 Å². The zero-order valence-electron chi connectivity index (χ0n) is 10.4. The van der Waals surface area contributed by atoms with E-state index < -0.39 is 0 Å². The molecule has 3 saturated heterocycles. The van der Waals surface area contributed by atoms with Gasteiger partial charge in [-0.2, -0.15) is 4.98 Å². The van der Waals surface area contributed by atoms with E-state index in [9.17, 15) is 0 Å². The van der Waals surface area contributed by atoms with Crippen LogP contribution in [0.5, 0.6) is 0 Å². The average Bonchev–Trinajstić information content (AvgIpc) is 3.08. The van der Waals surface area contributed by atoms with Crippen molar-refractivity contribution in [3.63, 3.8) is 0 Å². The van der Waals surface area contributed by atoms with E-state index in [2.05, 4.69) is 31.0 Å². The smallest absolute Gasteiger partial charge is 0.268 e. The minimum atomic E-state index is 0.461. The molecule has 1 unspecified atom stereocenters. The normalized spacial score (nSPS) is 29.8. The molecule has 5 heterocycles. The van der Waals surface area contributed by atoms with E-state index in [1.807, 2.05) is 12.1 Å². The van der Waals surface area contributed by atoms with Gasteiger partial charge in [0.05, 0.1) is 8.66 Å². The highest BCUT2D eigenvalue weighted by molar-refractivity contribution is 9.11. The van der Waals surface area contributed by atoms with Crippen LogP contribution in [0.4, 0.5) is 0 Å². The summed E-state index contributed by atoms with van der Waals surface area (Å²) in [7, 11) is 0. The molecule has 100 valence electrons. The summed E-state index contributed by atoms with van der Waals surface area (Å²) in [4.78, 5) is 8.17. The van der Waals surface area contributed by atoms with E-state index in [-0.39, 0.29) is 0 Å². The topological polar surface area (TPSA) is 42.2 Å². The summed E-state index contributed by atoms with van der Waals surface area (Å²) in [6.45, 7) is 3.57. The standard InChI is InChI=1S/C13H14BrN3OS/c14-11-2-1-10(19-11)13-15-12(16-18-13)9-7-17-5-3-8(9)4-6-17/h1-2,8-9H,3-7H2. The minimum absolute atomic E-state index is 0.461. The summed E-state index contributed by atoms with van der Waals surface area (Å²) in [5.74, 6) is 2.75. The molecule has 0 N–H and O–H groups in total. The number of fused-ring (bicyclic) bond motifs is 3. The van der Waals surface area contributed by atoms with Crippen molar-refractivity contribution in [2.75, 3.05) is 19.6 Å². The highest BCUT2D eigenvalue weighted by atomic mass is 79.9. The first kappa shape index (κ1) is 12.1. The van der Waals surface area contributed by atoms with Crippen LogP contribution < -0.4 is 0 Å². The van der Waals surface area contributed by atoms with Crippen molar-refractivity contribution in [2.24, 2.45) is 5.92 Å². The van der Waals surface area contributed by atoms with Gasteiger partial charge in [-0.1, -0.05) is 5.16 Å². The molecule has 6 heteroatoms. The van der Waals surface area contributed by atoms with Crippen molar-refractivity contribution in [1.82, 2.24) is 15.0 Å². The number of piperidine rings is 3. The third-order valence-corrected chi connectivity index (χ3v) is 5.83. The largest absolute Gasteiger partial charge is 0.333 e. The number of halogens is 1. The summed E-state index contributed by atoms with van der Waals surface area (Å²) < 4.78 is 6.52. The molecule has 5 rings (SSSR count). The molecule has 0 saturated carbocycles. The van der Waals surface area contributed by atoms with Crippen molar-refractivity contribution in [3.05, 3.63) is 21.7 Å². The number of nitrogens with zero attached hydrogens (tertiary/aromatic N) is 3. The van der Waals surface area contributed by atoms with Crippen molar-refractivity contribution >= 4 is 27.3 Å². The summed E-state index contributed by atoms with van der Waals surface area (Å²) in [5, 5.41) is 4.22. The van der Waals surface area contributed by atoms with Crippen LogP contribution in [0.15, 0.2) is 20.4 Å². The molecule has 3 aliphatic rings. The molecule has 0 spiro atoms. The van der Waals surface area contributed by atoms with Gasteiger partial charge in [0.1, 0.15) is 0 Å². The van der Waals surface area contributed by atoms with Crippen LogP contribution in [0.2, 0.25) is 0 Å². The lowest BCUT2D eigenvalue weighted by Crippen LogP contribution is -2.46. The fourth-order valence-electron chi connectivity index (χ4n) is 3.17. The minimum Gasteiger partial charge on any atom is -0.333 e. The van der Waals surface area contributed by atoms with Gasteiger partial charge in [-0.25, -0.2) is 0 Å². The van der Waals surface area contributed by atoms with E-state index in [4.69, 9.17) is 4.52 Å². The van der Waals surface area contributed by atoms with Crippen LogP contribution in [0, 0.1) is 5.92 Å². The fourth-order valence-corrected chi connectivity index (χ4v) is 4.48. The van der Waals surface area contributed by atoms with Gasteiger partial charge in [-0.3, -0.25) is 0 Å². The maximum atomic E-state index is 5.43. The Morgan fingerprint density at radius 2 is 2.16 bits per heavy atom. The SMILES string of the molecule is Brc1ccc(-c2nc(C3CN4CCC3CC4)no2)s1. The summed E-state index contributed by atoms with van der Waals surface area (Å²) in [6, 6.07) is 4.03. The van der Waals surface area contributed by atoms with Gasteiger partial charge in [0.25, 0.3) is 5.89 Å². The third-order valence-electron chi connectivity index (χ3n) is 4.21. The Balaban J connectivity index is 1.61. The zero-order valence-corrected chi connectivity index (χ0v) is 12.8. The lowest BCUT2D eigenvalue weighted by molar-refractivity contribution is 0.0825. The first-order valence-corrected chi connectivity index (χ1v) is 8.22. The van der Waals surface area contributed by atoms with E-state index in [1.165, 1.54) is 25.9 Å². The lowest BCUT2D eigenvalue weighted by atomic mass is 9.79. The van der Waals surface area contributed by atoms with Crippen LogP contribution in [0.1, 0.15) is 24.6 Å². The molecule has 19 heavy (non-hydrogen) atoms. The molecular weight excluding hydrogens is 326 g/mol. The Morgan fingerprint density at radius 1 is 1.32 bits per heavy atom. The average molecular weight is 340 g/mol. The van der Waals surface area contributed by atoms with Gasteiger partial charge < -0.3 is 9.42 Å². The van der Waals surface area contributed by atoms with Crippen LogP contribution in [0.3, 0.4) is 0 Å². The second-order valence-corrected chi connectivity index (χ2v) is 7.77. The molecule has 1 atom stereocenters. The Hall–Kier alpha value is -0.720. The molecule has 3 fully saturated rings. The van der Waals surface area contributed by atoms with Crippen LogP contribution in [0.25, 0.3) is 10.8 Å². The number of aromatic nitrogens is 2. The van der Waals surface area contributed by atoms with Crippen LogP contribution >= 0.6 is 27.3 Å². The molecule has 2 aromatic rings. The molecule has 0 aromatic carbocycles. The highest BCUT2D eigenvalue weighted by Crippen LogP contribution is 2.38. The van der Waals surface area contributed by atoms with Gasteiger partial charge in [-0.15, -0.1) is 11.3 Å². The van der Waals surface area contributed by atoms with Gasteiger partial charge in [0.15, 0.2) is 5.82 Å². The van der Waals surface area contributed by atoms with Crippen molar-refractivity contribution in [3.8, 4) is 10.8 Å². The third kappa shape index (κ3) is 2.15. The maximum absolute atomic E-state index is 5.43. The lowest BCUT2D eigenvalue weighted by Gasteiger charge is -2.43. The maximum Gasteiger partial charge on any atom is 0.268 e. The molecule has 0 aliphatic carbocycles. The molecule has 0 amide bonds. The van der Waals surface area contributed by atoms with Crippen LogP contribution in [-0.4, -0.2) is 34.7 Å². The number of rotatable bonds is 2. The van der Waals surface area contributed by atoms with E-state index in [1.54, 1.807) is 11.3 Å². The van der Waals surface area contributed by atoms with Gasteiger partial charge in [0.2, 0.25) is 0 Å². The predicted octanol–water partition coefficient (Wildman–Crippen LogP) is 3.37. The van der Waals surface area contributed by atoms with Gasteiger partial charge >= 0.3 is 0 Å². The number of hydrogen-bond acceptors (Lipinski definition) is 5. The monoisotopic (exact) mass is 339 g/mol. The summed E-state index contributed by atoms with van der Waals surface area (Å²) >= 11 is 5.09. The molecule has 2 aromatic heterocycles. The Bertz CT molecular complexity index is 588. The second-order valence-electron chi connectivity index (χ2n) is 5.31. The van der Waals surface area contributed by atoms with Crippen molar-refractivity contribution in [1.29, 1.82) is 0 Å². The number of thiophene rings is 1. The van der Waals surface area contributed by atoms with Crippen molar-refractivity contribution in [2.45, 2.75) is 18.8 Å². The van der Waals surface area contributed by atoms with Crippen molar-refractivity contribution < 1.29 is 4.52 Å².